The first-order chi connectivity index (χ1) is 14.6. The molecule has 7 nitrogen and oxygen atoms in total. The summed E-state index contributed by atoms with van der Waals surface area (Å²) in [6.07, 6.45) is 4.97. The average molecular weight is 450 g/mol. The molecule has 3 unspecified atom stereocenters. The van der Waals surface area contributed by atoms with Crippen molar-refractivity contribution >= 4 is 21.5 Å². The fourth-order valence-corrected chi connectivity index (χ4v) is 8.51. The van der Waals surface area contributed by atoms with E-state index in [1.165, 1.54) is 0 Å². The molecule has 0 spiro atoms. The molecule has 1 aromatic rings. The van der Waals surface area contributed by atoms with Crippen molar-refractivity contribution in [1.82, 2.24) is 10.1 Å². The molecule has 4 rings (SSSR count). The molecular formula is C23H35N3O4S. The molecular weight excluding hydrogens is 414 g/mol. The van der Waals surface area contributed by atoms with Crippen molar-refractivity contribution in [3.05, 3.63) is 17.0 Å². The number of hydrogen-bond donors (Lipinski definition) is 0. The maximum Gasteiger partial charge on any atom is 0.259 e. The molecule has 2 saturated heterocycles. The van der Waals surface area contributed by atoms with Crippen LogP contribution in [0.5, 0.6) is 0 Å². The first kappa shape index (κ1) is 22.5. The minimum absolute atomic E-state index is 0.0469. The van der Waals surface area contributed by atoms with Gasteiger partial charge in [0.05, 0.1) is 20.8 Å². The molecule has 1 aromatic heterocycles. The Morgan fingerprint density at radius 1 is 1.26 bits per heavy atom. The molecule has 2 aliphatic heterocycles. The van der Waals surface area contributed by atoms with Gasteiger partial charge in [0.15, 0.2) is 0 Å². The molecule has 3 heterocycles. The monoisotopic (exact) mass is 449 g/mol. The number of carbonyl (C=O) groups is 2. The van der Waals surface area contributed by atoms with Crippen molar-refractivity contribution in [2.75, 3.05) is 24.6 Å². The Morgan fingerprint density at radius 2 is 1.90 bits per heavy atom. The molecule has 3 fully saturated rings. The number of aryl methyl sites for hydroxylation is 2. The standard InChI is InChI=1S/C23H35N3O4S/c1-5-6-23(7-8-23)22(28)25-31(29)13-18-10-19(14-31)12-26(11-18)20(27)9-15(2)21-16(3)24-30-17(21)4/h15,18-19H,5-14H2,1-4H3. The van der Waals surface area contributed by atoms with Gasteiger partial charge in [0.2, 0.25) is 5.91 Å². The number of fused-ring (bicyclic) bond motifs is 2. The highest BCUT2D eigenvalue weighted by atomic mass is 32.2. The van der Waals surface area contributed by atoms with E-state index in [2.05, 4.69) is 16.4 Å². The van der Waals surface area contributed by atoms with E-state index < -0.39 is 9.73 Å². The lowest BCUT2D eigenvalue weighted by Gasteiger charge is -2.42. The van der Waals surface area contributed by atoms with Gasteiger partial charge in [-0.05, 0) is 57.3 Å². The Balaban J connectivity index is 1.40. The fourth-order valence-electron chi connectivity index (χ4n) is 5.78. The summed E-state index contributed by atoms with van der Waals surface area (Å²) in [5.41, 5.74) is 1.55. The summed E-state index contributed by atoms with van der Waals surface area (Å²) in [7, 11) is -2.51. The Hall–Kier alpha value is -1.70. The van der Waals surface area contributed by atoms with Crippen molar-refractivity contribution in [1.29, 1.82) is 0 Å². The molecule has 172 valence electrons. The first-order valence-electron chi connectivity index (χ1n) is 11.6. The van der Waals surface area contributed by atoms with E-state index in [-0.39, 0.29) is 35.0 Å². The van der Waals surface area contributed by atoms with Gasteiger partial charge in [0, 0.05) is 36.6 Å². The summed E-state index contributed by atoms with van der Waals surface area (Å²) in [5.74, 6) is 2.04. The molecule has 0 aromatic carbocycles. The molecule has 0 radical (unpaired) electrons. The van der Waals surface area contributed by atoms with Gasteiger partial charge in [-0.15, -0.1) is 0 Å². The number of likely N-dealkylation sites (tertiary alicyclic amines) is 1. The summed E-state index contributed by atoms with van der Waals surface area (Å²) >= 11 is 0. The molecule has 8 heteroatoms. The van der Waals surface area contributed by atoms with Crippen LogP contribution in [0, 0.1) is 31.1 Å². The summed E-state index contributed by atoms with van der Waals surface area (Å²) in [5, 5.41) is 4.01. The lowest BCUT2D eigenvalue weighted by atomic mass is 9.89. The molecule has 0 N–H and O–H groups in total. The Kier molecular flexibility index (Phi) is 6.05. The molecule has 3 aliphatic rings. The molecule has 3 atom stereocenters. The van der Waals surface area contributed by atoms with E-state index in [0.29, 0.717) is 31.0 Å². The normalized spacial score (nSPS) is 30.0. The van der Waals surface area contributed by atoms with Crippen LogP contribution >= 0.6 is 0 Å². The highest BCUT2D eigenvalue weighted by molar-refractivity contribution is 7.93. The minimum Gasteiger partial charge on any atom is -0.361 e. The number of aromatic nitrogens is 1. The van der Waals surface area contributed by atoms with Crippen molar-refractivity contribution in [3.63, 3.8) is 0 Å². The highest BCUT2D eigenvalue weighted by Gasteiger charge is 2.50. The molecule has 1 saturated carbocycles. The van der Waals surface area contributed by atoms with Crippen LogP contribution in [0.25, 0.3) is 0 Å². The van der Waals surface area contributed by atoms with E-state index in [0.717, 1.165) is 49.1 Å². The zero-order valence-corrected chi connectivity index (χ0v) is 20.0. The Morgan fingerprint density at radius 3 is 2.42 bits per heavy atom. The quantitative estimate of drug-likeness (QED) is 0.658. The van der Waals surface area contributed by atoms with Crippen LogP contribution in [-0.4, -0.2) is 50.7 Å². The lowest BCUT2D eigenvalue weighted by molar-refractivity contribution is -0.134. The van der Waals surface area contributed by atoms with Gasteiger partial charge in [-0.2, -0.15) is 4.36 Å². The van der Waals surface area contributed by atoms with Gasteiger partial charge in [0.1, 0.15) is 5.76 Å². The zero-order chi connectivity index (χ0) is 22.4. The maximum absolute atomic E-state index is 13.5. The largest absolute Gasteiger partial charge is 0.361 e. The first-order valence-corrected chi connectivity index (χ1v) is 13.5. The minimum atomic E-state index is -2.51. The van der Waals surface area contributed by atoms with E-state index in [9.17, 15) is 13.8 Å². The van der Waals surface area contributed by atoms with E-state index in [1.807, 2.05) is 25.7 Å². The third-order valence-corrected chi connectivity index (χ3v) is 9.80. The third kappa shape index (κ3) is 4.59. The van der Waals surface area contributed by atoms with Crippen molar-refractivity contribution < 1.29 is 18.3 Å². The van der Waals surface area contributed by atoms with Gasteiger partial charge < -0.3 is 9.42 Å². The van der Waals surface area contributed by atoms with Crippen LogP contribution in [0.4, 0.5) is 0 Å². The molecule has 2 amide bonds. The van der Waals surface area contributed by atoms with Gasteiger partial charge in [0.25, 0.3) is 5.91 Å². The number of nitrogens with zero attached hydrogens (tertiary/aromatic N) is 3. The second-order valence-corrected chi connectivity index (χ2v) is 12.5. The lowest BCUT2D eigenvalue weighted by Crippen LogP contribution is -2.51. The SMILES string of the molecule is CCCC1(C(=O)N=S2(=O)CC3CC(CN(C(=O)CC(C)c4c(C)noc4C)C3)C2)CC1. The third-order valence-electron chi connectivity index (χ3n) is 7.32. The van der Waals surface area contributed by atoms with E-state index in [4.69, 9.17) is 4.52 Å². The van der Waals surface area contributed by atoms with Crippen molar-refractivity contribution in [3.8, 4) is 0 Å². The average Bonchev–Trinajstić information content (AvgIpc) is 3.38. The Bertz CT molecular complexity index is 947. The summed E-state index contributed by atoms with van der Waals surface area (Å²) in [6, 6.07) is 0. The molecule has 2 bridgehead atoms. The predicted molar refractivity (Wildman–Crippen MR) is 119 cm³/mol. The van der Waals surface area contributed by atoms with Crippen LogP contribution < -0.4 is 0 Å². The van der Waals surface area contributed by atoms with Crippen LogP contribution in [0.3, 0.4) is 0 Å². The predicted octanol–water partition coefficient (Wildman–Crippen LogP) is 3.84. The number of rotatable bonds is 6. The topological polar surface area (TPSA) is 92.8 Å². The van der Waals surface area contributed by atoms with Crippen molar-refractivity contribution in [2.24, 2.45) is 21.6 Å². The zero-order valence-electron chi connectivity index (χ0n) is 19.2. The van der Waals surface area contributed by atoms with Gasteiger partial charge in [-0.1, -0.05) is 25.4 Å². The number of piperidine rings is 1. The van der Waals surface area contributed by atoms with Gasteiger partial charge in [-0.25, -0.2) is 4.21 Å². The smallest absolute Gasteiger partial charge is 0.259 e. The maximum atomic E-state index is 13.5. The Labute approximate surface area is 185 Å². The highest BCUT2D eigenvalue weighted by Crippen LogP contribution is 2.51. The summed E-state index contributed by atoms with van der Waals surface area (Å²) in [4.78, 5) is 27.7. The van der Waals surface area contributed by atoms with E-state index in [1.54, 1.807) is 0 Å². The van der Waals surface area contributed by atoms with Crippen LogP contribution in [-0.2, 0) is 19.3 Å². The van der Waals surface area contributed by atoms with Gasteiger partial charge >= 0.3 is 0 Å². The van der Waals surface area contributed by atoms with Gasteiger partial charge in [-0.3, -0.25) is 9.59 Å². The second kappa shape index (κ2) is 8.34. The molecule has 31 heavy (non-hydrogen) atoms. The summed E-state index contributed by atoms with van der Waals surface area (Å²) in [6.45, 7) is 9.14. The van der Waals surface area contributed by atoms with Crippen LogP contribution in [0.1, 0.15) is 75.3 Å². The van der Waals surface area contributed by atoms with Crippen molar-refractivity contribution in [2.45, 2.75) is 72.1 Å². The number of carbonyl (C=O) groups excluding carboxylic acids is 2. The summed E-state index contributed by atoms with van der Waals surface area (Å²) < 4.78 is 23.1. The second-order valence-electron chi connectivity index (χ2n) is 10.1. The molecule has 1 aliphatic carbocycles. The van der Waals surface area contributed by atoms with Crippen LogP contribution in [0.2, 0.25) is 0 Å². The van der Waals surface area contributed by atoms with E-state index >= 15 is 0 Å². The van der Waals surface area contributed by atoms with Crippen LogP contribution in [0.15, 0.2) is 8.89 Å². The fraction of sp³-hybridized carbons (Fsp3) is 0.783. The number of amides is 2. The number of hydrogen-bond acceptors (Lipinski definition) is 5.